The molecular weight excluding hydrogens is 572 g/mol. The standard InChI is InChI=1S/C44H30N2O/c1-4-12-31(13-5-1)32-20-25-37(26-21-32)45(35-14-6-2-7-15-35)38-27-22-33(23-28-38)34-24-29-41-40(30-34)44-43(39-18-10-11-19-42(39)47-44)46(41)36-16-8-3-9-17-36/h1-30H/i2D,6D,7D,14D,15D. The topological polar surface area (TPSA) is 21.3 Å². The summed E-state index contributed by atoms with van der Waals surface area (Å²) in [5.74, 6) is 0. The first-order valence-electron chi connectivity index (χ1n) is 18.0. The van der Waals surface area contributed by atoms with Gasteiger partial charge in [-0.25, -0.2) is 0 Å². The molecule has 0 aliphatic heterocycles. The van der Waals surface area contributed by atoms with E-state index in [2.05, 4.69) is 41.0 Å². The van der Waals surface area contributed by atoms with Crippen LogP contribution in [0.3, 0.4) is 0 Å². The Bertz CT molecular complexity index is 2750. The smallest absolute Gasteiger partial charge is 0.161 e. The summed E-state index contributed by atoms with van der Waals surface area (Å²) in [6, 6.07) is 48.7. The van der Waals surface area contributed by atoms with Gasteiger partial charge < -0.3 is 13.9 Å². The second-order valence-corrected chi connectivity index (χ2v) is 11.4. The van der Waals surface area contributed by atoms with Gasteiger partial charge in [0.2, 0.25) is 0 Å². The van der Waals surface area contributed by atoms with Gasteiger partial charge in [0, 0.05) is 33.5 Å². The Morgan fingerprint density at radius 2 is 1.06 bits per heavy atom. The minimum Gasteiger partial charge on any atom is -0.454 e. The molecule has 3 nitrogen and oxygen atoms in total. The van der Waals surface area contributed by atoms with Crippen molar-refractivity contribution in [2.24, 2.45) is 0 Å². The maximum atomic E-state index is 8.84. The van der Waals surface area contributed by atoms with E-state index in [1.54, 1.807) is 4.90 Å². The molecule has 0 aliphatic carbocycles. The van der Waals surface area contributed by atoms with Gasteiger partial charge in [-0.3, -0.25) is 0 Å². The van der Waals surface area contributed by atoms with E-state index in [1.165, 1.54) is 0 Å². The summed E-state index contributed by atoms with van der Waals surface area (Å²) in [6.45, 7) is 0. The van der Waals surface area contributed by atoms with E-state index < -0.39 is 6.04 Å². The largest absolute Gasteiger partial charge is 0.454 e. The molecule has 0 radical (unpaired) electrons. The molecule has 9 aromatic rings. The number of fused-ring (bicyclic) bond motifs is 5. The molecule has 0 saturated carbocycles. The number of rotatable bonds is 6. The minimum absolute atomic E-state index is 0.0853. The maximum Gasteiger partial charge on any atom is 0.161 e. The highest BCUT2D eigenvalue weighted by Crippen LogP contribution is 2.41. The summed E-state index contributed by atoms with van der Waals surface area (Å²) >= 11 is 0. The molecule has 9 rings (SSSR count). The van der Waals surface area contributed by atoms with E-state index in [0.717, 1.165) is 60.9 Å². The Kier molecular flexibility index (Phi) is 5.32. The molecular formula is C44H30N2O. The molecule has 0 unspecified atom stereocenters. The number of hydrogen-bond donors (Lipinski definition) is 0. The van der Waals surface area contributed by atoms with Crippen molar-refractivity contribution in [1.82, 2.24) is 4.57 Å². The lowest BCUT2D eigenvalue weighted by atomic mass is 10.0. The van der Waals surface area contributed by atoms with Crippen LogP contribution in [-0.2, 0) is 0 Å². The van der Waals surface area contributed by atoms with Crippen molar-refractivity contribution in [3.63, 3.8) is 0 Å². The highest BCUT2D eigenvalue weighted by Gasteiger charge is 2.20. The number of para-hydroxylation sites is 3. The van der Waals surface area contributed by atoms with E-state index >= 15 is 0 Å². The number of furan rings is 1. The Hall–Kier alpha value is -6.32. The van der Waals surface area contributed by atoms with Crippen LogP contribution in [0.25, 0.3) is 60.9 Å². The van der Waals surface area contributed by atoms with Crippen LogP contribution in [0.5, 0.6) is 0 Å². The SMILES string of the molecule is [2H]c1c([2H])c([2H])c(N(c2ccc(-c3ccccc3)cc2)c2ccc(-c3ccc4c(c3)c3oc5ccccc5c3n4-c3ccccc3)cc2)c([2H])c1[2H]. The third kappa shape index (κ3) is 4.68. The predicted molar refractivity (Wildman–Crippen MR) is 196 cm³/mol. The monoisotopic (exact) mass is 607 g/mol. The average Bonchev–Trinajstić information content (AvgIpc) is 3.73. The summed E-state index contributed by atoms with van der Waals surface area (Å²) in [7, 11) is 0. The van der Waals surface area contributed by atoms with Gasteiger partial charge in [0.15, 0.2) is 5.58 Å². The zero-order chi connectivity index (χ0) is 35.5. The van der Waals surface area contributed by atoms with Gasteiger partial charge in [-0.2, -0.15) is 0 Å². The molecule has 0 aliphatic rings. The second-order valence-electron chi connectivity index (χ2n) is 11.4. The van der Waals surface area contributed by atoms with E-state index in [4.69, 9.17) is 11.3 Å². The Labute approximate surface area is 280 Å². The van der Waals surface area contributed by atoms with E-state index in [1.807, 2.05) is 115 Å². The summed E-state index contributed by atoms with van der Waals surface area (Å²) < 4.78 is 51.5. The third-order valence-corrected chi connectivity index (χ3v) is 8.69. The number of nitrogens with zero attached hydrogens (tertiary/aromatic N) is 2. The molecule has 0 fully saturated rings. The Balaban J connectivity index is 1.17. The van der Waals surface area contributed by atoms with Crippen LogP contribution in [0, 0.1) is 0 Å². The van der Waals surface area contributed by atoms with Gasteiger partial charge in [-0.15, -0.1) is 0 Å². The fourth-order valence-electron chi connectivity index (χ4n) is 6.49. The molecule has 0 N–H and O–H groups in total. The molecule has 0 atom stereocenters. The van der Waals surface area contributed by atoms with Crippen molar-refractivity contribution in [3.8, 4) is 27.9 Å². The fourth-order valence-corrected chi connectivity index (χ4v) is 6.49. The van der Waals surface area contributed by atoms with Crippen LogP contribution in [0.4, 0.5) is 17.1 Å². The lowest BCUT2D eigenvalue weighted by molar-refractivity contribution is 0.673. The van der Waals surface area contributed by atoms with Crippen molar-refractivity contribution in [2.75, 3.05) is 4.90 Å². The van der Waals surface area contributed by atoms with Crippen molar-refractivity contribution in [1.29, 1.82) is 0 Å². The number of benzene rings is 7. The summed E-state index contributed by atoms with van der Waals surface area (Å²) in [6.07, 6.45) is 0. The molecule has 0 spiro atoms. The van der Waals surface area contributed by atoms with Crippen LogP contribution in [0.2, 0.25) is 0 Å². The molecule has 222 valence electrons. The van der Waals surface area contributed by atoms with Gasteiger partial charge in [0.25, 0.3) is 0 Å². The van der Waals surface area contributed by atoms with Crippen LogP contribution in [-0.4, -0.2) is 4.57 Å². The first-order chi connectivity index (χ1) is 25.4. The lowest BCUT2D eigenvalue weighted by Crippen LogP contribution is -2.09. The maximum absolute atomic E-state index is 8.84. The molecule has 47 heavy (non-hydrogen) atoms. The summed E-state index contributed by atoms with van der Waals surface area (Å²) in [5.41, 5.74) is 10.2. The van der Waals surface area contributed by atoms with Gasteiger partial charge in [0.1, 0.15) is 11.1 Å². The molecule has 2 aromatic heterocycles. The quantitative estimate of drug-likeness (QED) is 0.187. The van der Waals surface area contributed by atoms with Gasteiger partial charge in [-0.1, -0.05) is 109 Å². The number of anilines is 3. The van der Waals surface area contributed by atoms with Crippen LogP contribution in [0.15, 0.2) is 186 Å². The average molecular weight is 608 g/mol. The molecule has 0 bridgehead atoms. The van der Waals surface area contributed by atoms with Crippen molar-refractivity contribution < 1.29 is 11.3 Å². The summed E-state index contributed by atoms with van der Waals surface area (Å²) in [5, 5.41) is 2.05. The van der Waals surface area contributed by atoms with E-state index in [-0.39, 0.29) is 29.9 Å². The molecule has 0 amide bonds. The highest BCUT2D eigenvalue weighted by atomic mass is 16.3. The van der Waals surface area contributed by atoms with E-state index in [0.29, 0.717) is 11.4 Å². The minimum atomic E-state index is -0.427. The van der Waals surface area contributed by atoms with Crippen LogP contribution < -0.4 is 4.90 Å². The van der Waals surface area contributed by atoms with Crippen LogP contribution in [0.1, 0.15) is 6.85 Å². The highest BCUT2D eigenvalue weighted by molar-refractivity contribution is 6.17. The molecule has 2 heterocycles. The first kappa shape index (κ1) is 22.2. The molecule has 7 aromatic carbocycles. The van der Waals surface area contributed by atoms with Gasteiger partial charge >= 0.3 is 0 Å². The van der Waals surface area contributed by atoms with E-state index in [9.17, 15) is 0 Å². The predicted octanol–water partition coefficient (Wildman–Crippen LogP) is 12.3. The van der Waals surface area contributed by atoms with Crippen molar-refractivity contribution >= 4 is 50.0 Å². The zero-order valence-electron chi connectivity index (χ0n) is 30.2. The van der Waals surface area contributed by atoms with Crippen LogP contribution >= 0.6 is 0 Å². The third-order valence-electron chi connectivity index (χ3n) is 8.69. The van der Waals surface area contributed by atoms with Crippen molar-refractivity contribution in [2.45, 2.75) is 0 Å². The molecule has 0 saturated heterocycles. The van der Waals surface area contributed by atoms with Crippen molar-refractivity contribution in [3.05, 3.63) is 182 Å². The Morgan fingerprint density at radius 1 is 0.489 bits per heavy atom. The van der Waals surface area contributed by atoms with Gasteiger partial charge in [-0.05, 0) is 95.0 Å². The first-order valence-corrected chi connectivity index (χ1v) is 15.5. The normalized spacial score (nSPS) is 12.9. The second kappa shape index (κ2) is 11.2. The number of aromatic nitrogens is 1. The lowest BCUT2D eigenvalue weighted by Gasteiger charge is -2.26. The zero-order valence-corrected chi connectivity index (χ0v) is 25.2. The molecule has 3 heteroatoms. The number of hydrogen-bond acceptors (Lipinski definition) is 2. The fraction of sp³-hybridized carbons (Fsp3) is 0. The summed E-state index contributed by atoms with van der Waals surface area (Å²) in [4.78, 5) is 1.74. The Morgan fingerprint density at radius 3 is 1.77 bits per heavy atom. The van der Waals surface area contributed by atoms with Gasteiger partial charge in [0.05, 0.1) is 12.4 Å².